The number of hydrogen-bond donors (Lipinski definition) is 2. The van der Waals surface area contributed by atoms with Crippen LogP contribution in [0.25, 0.3) is 0 Å². The Morgan fingerprint density at radius 1 is 1.29 bits per heavy atom. The van der Waals surface area contributed by atoms with Gasteiger partial charge in [0.05, 0.1) is 12.3 Å². The average Bonchev–Trinajstić information content (AvgIpc) is 3.01. The van der Waals surface area contributed by atoms with E-state index in [0.717, 1.165) is 10.6 Å². The Morgan fingerprint density at radius 2 is 2.05 bits per heavy atom. The van der Waals surface area contributed by atoms with Crippen LogP contribution in [-0.2, 0) is 16.1 Å². The fourth-order valence-corrected chi connectivity index (χ4v) is 3.43. The molecule has 5 heteroatoms. The van der Waals surface area contributed by atoms with Gasteiger partial charge in [-0.2, -0.15) is 0 Å². The second-order valence-corrected chi connectivity index (χ2v) is 6.94. The Bertz CT molecular complexity index is 553. The minimum atomic E-state index is -1.01. The van der Waals surface area contributed by atoms with Gasteiger partial charge in [-0.05, 0) is 23.9 Å². The minimum Gasteiger partial charge on any atom is -0.383 e. The van der Waals surface area contributed by atoms with E-state index in [-0.39, 0.29) is 12.5 Å². The lowest BCUT2D eigenvalue weighted by atomic mass is 10.1. The molecule has 0 aliphatic rings. The van der Waals surface area contributed by atoms with Gasteiger partial charge in [0.2, 0.25) is 5.91 Å². The van der Waals surface area contributed by atoms with Crippen LogP contribution in [0.4, 0.5) is 0 Å². The first-order valence-electron chi connectivity index (χ1n) is 6.73. The second-order valence-electron chi connectivity index (χ2n) is 5.01. The van der Waals surface area contributed by atoms with E-state index in [0.29, 0.717) is 5.75 Å². The van der Waals surface area contributed by atoms with Gasteiger partial charge in [-0.3, -0.25) is 4.79 Å². The Hall–Kier alpha value is -1.30. The summed E-state index contributed by atoms with van der Waals surface area (Å²) in [6.07, 6.45) is 0. The van der Waals surface area contributed by atoms with Gasteiger partial charge in [0, 0.05) is 10.6 Å². The van der Waals surface area contributed by atoms with Gasteiger partial charge in [0.25, 0.3) is 0 Å². The quantitative estimate of drug-likeness (QED) is 0.824. The second kappa shape index (κ2) is 7.64. The van der Waals surface area contributed by atoms with E-state index in [2.05, 4.69) is 5.32 Å². The summed E-state index contributed by atoms with van der Waals surface area (Å²) >= 11 is 3.06. The molecule has 2 aromatic rings. The fraction of sp³-hybridized carbons (Fsp3) is 0.312. The van der Waals surface area contributed by atoms with Crippen molar-refractivity contribution in [1.29, 1.82) is 0 Å². The zero-order valence-corrected chi connectivity index (χ0v) is 13.5. The number of rotatable bonds is 7. The number of amides is 1. The van der Waals surface area contributed by atoms with Crippen LogP contribution in [-0.4, -0.2) is 23.3 Å². The summed E-state index contributed by atoms with van der Waals surface area (Å²) in [7, 11) is 0. The average molecular weight is 321 g/mol. The van der Waals surface area contributed by atoms with Crippen molar-refractivity contribution in [2.45, 2.75) is 18.3 Å². The molecule has 0 bridgehead atoms. The van der Waals surface area contributed by atoms with Crippen LogP contribution >= 0.6 is 23.1 Å². The van der Waals surface area contributed by atoms with Gasteiger partial charge >= 0.3 is 0 Å². The van der Waals surface area contributed by atoms with Gasteiger partial charge in [0.1, 0.15) is 5.60 Å². The van der Waals surface area contributed by atoms with Crippen LogP contribution in [0.2, 0.25) is 0 Å². The van der Waals surface area contributed by atoms with E-state index >= 15 is 0 Å². The number of carbonyl (C=O) groups excluding carboxylic acids is 1. The van der Waals surface area contributed by atoms with Crippen molar-refractivity contribution in [3.8, 4) is 0 Å². The van der Waals surface area contributed by atoms with Crippen molar-refractivity contribution < 1.29 is 9.90 Å². The van der Waals surface area contributed by atoms with E-state index in [1.807, 2.05) is 47.8 Å². The number of aliphatic hydroxyl groups is 1. The van der Waals surface area contributed by atoms with E-state index in [9.17, 15) is 9.90 Å². The van der Waals surface area contributed by atoms with E-state index in [4.69, 9.17) is 0 Å². The molecule has 0 saturated heterocycles. The summed E-state index contributed by atoms with van der Waals surface area (Å²) in [5, 5.41) is 15.0. The summed E-state index contributed by atoms with van der Waals surface area (Å²) < 4.78 is 0. The van der Waals surface area contributed by atoms with Crippen LogP contribution in [0, 0.1) is 0 Å². The predicted molar refractivity (Wildman–Crippen MR) is 89.5 cm³/mol. The van der Waals surface area contributed by atoms with Crippen molar-refractivity contribution in [2.24, 2.45) is 0 Å². The Labute approximate surface area is 133 Å². The molecule has 1 aromatic heterocycles. The number of hydrogen-bond acceptors (Lipinski definition) is 4. The highest BCUT2D eigenvalue weighted by Crippen LogP contribution is 2.24. The van der Waals surface area contributed by atoms with Crippen LogP contribution < -0.4 is 5.32 Å². The number of carbonyl (C=O) groups is 1. The Kier molecular flexibility index (Phi) is 5.85. The third-order valence-electron chi connectivity index (χ3n) is 3.03. The standard InChI is InChI=1S/C16H19NO2S2/c1-16(19,14-8-5-9-21-14)12-17-15(18)11-20-10-13-6-3-2-4-7-13/h2-9,19H,10-12H2,1H3,(H,17,18). The van der Waals surface area contributed by atoms with E-state index in [1.165, 1.54) is 16.9 Å². The Balaban J connectivity index is 1.70. The fourth-order valence-electron chi connectivity index (χ4n) is 1.83. The molecule has 0 saturated carbocycles. The minimum absolute atomic E-state index is 0.0484. The smallest absolute Gasteiger partial charge is 0.230 e. The molecule has 2 N–H and O–H groups in total. The lowest BCUT2D eigenvalue weighted by molar-refractivity contribution is -0.119. The van der Waals surface area contributed by atoms with Crippen molar-refractivity contribution >= 4 is 29.0 Å². The highest BCUT2D eigenvalue weighted by atomic mass is 32.2. The van der Waals surface area contributed by atoms with Gasteiger partial charge in [-0.1, -0.05) is 36.4 Å². The lowest BCUT2D eigenvalue weighted by Gasteiger charge is -2.22. The highest BCUT2D eigenvalue weighted by molar-refractivity contribution is 7.99. The third-order valence-corrected chi connectivity index (χ3v) is 5.15. The van der Waals surface area contributed by atoms with Gasteiger partial charge in [-0.15, -0.1) is 23.1 Å². The predicted octanol–water partition coefficient (Wildman–Crippen LogP) is 3.01. The first-order chi connectivity index (χ1) is 10.1. The summed E-state index contributed by atoms with van der Waals surface area (Å²) in [6, 6.07) is 13.8. The zero-order valence-electron chi connectivity index (χ0n) is 11.9. The number of benzene rings is 1. The molecule has 2 rings (SSSR count). The molecule has 1 aromatic carbocycles. The van der Waals surface area contributed by atoms with Crippen LogP contribution in [0.5, 0.6) is 0 Å². The molecule has 1 amide bonds. The van der Waals surface area contributed by atoms with E-state index in [1.54, 1.807) is 18.7 Å². The molecule has 21 heavy (non-hydrogen) atoms. The molecule has 112 valence electrons. The van der Waals surface area contributed by atoms with E-state index < -0.39 is 5.60 Å². The summed E-state index contributed by atoms with van der Waals surface area (Å²) in [4.78, 5) is 12.7. The summed E-state index contributed by atoms with van der Waals surface area (Å²) in [6.45, 7) is 1.95. The summed E-state index contributed by atoms with van der Waals surface area (Å²) in [5.41, 5.74) is 0.203. The Morgan fingerprint density at radius 3 is 2.71 bits per heavy atom. The molecule has 3 nitrogen and oxygen atoms in total. The number of thioether (sulfide) groups is 1. The first kappa shape index (κ1) is 16.1. The molecular weight excluding hydrogens is 302 g/mol. The molecule has 1 unspecified atom stereocenters. The van der Waals surface area contributed by atoms with Crippen LogP contribution in [0.3, 0.4) is 0 Å². The largest absolute Gasteiger partial charge is 0.383 e. The zero-order chi connectivity index (χ0) is 15.1. The molecule has 1 atom stereocenters. The molecule has 0 aliphatic carbocycles. The third kappa shape index (κ3) is 5.19. The monoisotopic (exact) mass is 321 g/mol. The molecule has 0 aliphatic heterocycles. The topological polar surface area (TPSA) is 49.3 Å². The highest BCUT2D eigenvalue weighted by Gasteiger charge is 2.24. The number of nitrogens with one attached hydrogen (secondary N) is 1. The molecule has 0 spiro atoms. The molecule has 1 heterocycles. The van der Waals surface area contributed by atoms with Crippen molar-refractivity contribution in [3.63, 3.8) is 0 Å². The van der Waals surface area contributed by atoms with Crippen LogP contribution in [0.15, 0.2) is 47.8 Å². The maximum absolute atomic E-state index is 11.8. The van der Waals surface area contributed by atoms with Crippen molar-refractivity contribution in [1.82, 2.24) is 5.32 Å². The molecule has 0 radical (unpaired) electrons. The maximum Gasteiger partial charge on any atom is 0.230 e. The molecule has 0 fully saturated rings. The van der Waals surface area contributed by atoms with Crippen LogP contribution in [0.1, 0.15) is 17.4 Å². The first-order valence-corrected chi connectivity index (χ1v) is 8.76. The van der Waals surface area contributed by atoms with Gasteiger partial charge in [-0.25, -0.2) is 0 Å². The maximum atomic E-state index is 11.8. The molecular formula is C16H19NO2S2. The lowest BCUT2D eigenvalue weighted by Crippen LogP contribution is -2.38. The normalized spacial score (nSPS) is 13.6. The number of thiophene rings is 1. The van der Waals surface area contributed by atoms with Gasteiger partial charge in [0.15, 0.2) is 0 Å². The SMILES string of the molecule is CC(O)(CNC(=O)CSCc1ccccc1)c1cccs1. The van der Waals surface area contributed by atoms with Crippen molar-refractivity contribution in [2.75, 3.05) is 12.3 Å². The van der Waals surface area contributed by atoms with Gasteiger partial charge < -0.3 is 10.4 Å². The van der Waals surface area contributed by atoms with Crippen molar-refractivity contribution in [3.05, 3.63) is 58.3 Å². The summed E-state index contributed by atoms with van der Waals surface area (Å²) in [5.74, 6) is 1.16.